The third-order valence-corrected chi connectivity index (χ3v) is 5.13. The van der Waals surface area contributed by atoms with Crippen LogP contribution in [0, 0.1) is 0 Å². The number of hydrogen-bond donors (Lipinski definition) is 2. The highest BCUT2D eigenvalue weighted by atomic mass is 32.2. The molecule has 1 heterocycles. The van der Waals surface area contributed by atoms with E-state index in [0.717, 1.165) is 24.2 Å². The van der Waals surface area contributed by atoms with Gasteiger partial charge in [-0.15, -0.1) is 0 Å². The Morgan fingerprint density at radius 2 is 2.10 bits per heavy atom. The summed E-state index contributed by atoms with van der Waals surface area (Å²) in [5, 5.41) is 3.22. The Morgan fingerprint density at radius 1 is 1.43 bits per heavy atom. The van der Waals surface area contributed by atoms with Crippen molar-refractivity contribution in [3.05, 3.63) is 18.0 Å². The number of alkyl halides is 3. The van der Waals surface area contributed by atoms with Crippen LogP contribution in [0.1, 0.15) is 25.0 Å². The summed E-state index contributed by atoms with van der Waals surface area (Å²) in [6.45, 7) is -0.0703. The minimum absolute atomic E-state index is 0.0141. The maximum absolute atomic E-state index is 12.2. The summed E-state index contributed by atoms with van der Waals surface area (Å²) in [6.07, 6.45) is -1.99. The molecule has 120 valence electrons. The molecule has 1 saturated carbocycles. The predicted molar refractivity (Wildman–Crippen MR) is 71.1 cm³/mol. The standard InChI is InChI=1S/C12H18F3N3O2S/c1-18(5-4-12(13,14)15)21(19,20)11-6-10(17-8-11)7-16-9-2-3-9/h6,8-9,16-17H,2-5,7H2,1H3. The Balaban J connectivity index is 1.97. The molecule has 5 nitrogen and oxygen atoms in total. The lowest BCUT2D eigenvalue weighted by Gasteiger charge is -2.17. The van der Waals surface area contributed by atoms with Crippen LogP contribution < -0.4 is 5.32 Å². The number of sulfonamides is 1. The number of rotatable bonds is 7. The third kappa shape index (κ3) is 4.72. The number of aromatic amines is 1. The van der Waals surface area contributed by atoms with Crippen molar-refractivity contribution in [2.75, 3.05) is 13.6 Å². The van der Waals surface area contributed by atoms with Crippen LogP contribution in [-0.4, -0.2) is 43.5 Å². The molecule has 0 unspecified atom stereocenters. The number of nitrogens with zero attached hydrogens (tertiary/aromatic N) is 1. The normalized spacial score (nSPS) is 16.6. The summed E-state index contributed by atoms with van der Waals surface area (Å²) in [6, 6.07) is 1.94. The zero-order valence-corrected chi connectivity index (χ0v) is 12.4. The lowest BCUT2D eigenvalue weighted by molar-refractivity contribution is -0.135. The fourth-order valence-electron chi connectivity index (χ4n) is 1.80. The van der Waals surface area contributed by atoms with E-state index in [9.17, 15) is 21.6 Å². The van der Waals surface area contributed by atoms with Crippen LogP contribution in [0.4, 0.5) is 13.2 Å². The lowest BCUT2D eigenvalue weighted by atomic mass is 10.4. The van der Waals surface area contributed by atoms with Gasteiger partial charge < -0.3 is 10.3 Å². The molecule has 0 amide bonds. The van der Waals surface area contributed by atoms with Crippen molar-refractivity contribution in [1.29, 1.82) is 0 Å². The second-order valence-electron chi connectivity index (χ2n) is 5.21. The van der Waals surface area contributed by atoms with Gasteiger partial charge in [-0.3, -0.25) is 0 Å². The first-order chi connectivity index (χ1) is 9.68. The van der Waals surface area contributed by atoms with E-state index in [1.807, 2.05) is 0 Å². The van der Waals surface area contributed by atoms with Gasteiger partial charge in [0, 0.05) is 38.1 Å². The summed E-state index contributed by atoms with van der Waals surface area (Å²) < 4.78 is 61.5. The van der Waals surface area contributed by atoms with Crippen molar-refractivity contribution < 1.29 is 21.6 Å². The Kier molecular flexibility index (Phi) is 4.64. The van der Waals surface area contributed by atoms with Gasteiger partial charge in [0.25, 0.3) is 0 Å². The molecule has 2 rings (SSSR count). The fraction of sp³-hybridized carbons (Fsp3) is 0.667. The van der Waals surface area contributed by atoms with Crippen LogP contribution in [0.25, 0.3) is 0 Å². The lowest BCUT2D eigenvalue weighted by Crippen LogP contribution is -2.30. The molecule has 21 heavy (non-hydrogen) atoms. The van der Waals surface area contributed by atoms with Gasteiger partial charge in [0.2, 0.25) is 10.0 Å². The minimum Gasteiger partial charge on any atom is -0.363 e. The molecule has 0 bridgehead atoms. The van der Waals surface area contributed by atoms with Gasteiger partial charge in [-0.1, -0.05) is 0 Å². The van der Waals surface area contributed by atoms with Gasteiger partial charge in [0.05, 0.1) is 11.3 Å². The SMILES string of the molecule is CN(CCC(F)(F)F)S(=O)(=O)c1c[nH]c(CNC2CC2)c1. The van der Waals surface area contributed by atoms with E-state index in [4.69, 9.17) is 0 Å². The number of hydrogen-bond acceptors (Lipinski definition) is 3. The zero-order chi connectivity index (χ0) is 15.7. The first kappa shape index (κ1) is 16.3. The summed E-state index contributed by atoms with van der Waals surface area (Å²) in [4.78, 5) is 2.82. The first-order valence-corrected chi connectivity index (χ1v) is 8.06. The number of aromatic nitrogens is 1. The second-order valence-corrected chi connectivity index (χ2v) is 7.25. The van der Waals surface area contributed by atoms with Crippen molar-refractivity contribution in [2.24, 2.45) is 0 Å². The van der Waals surface area contributed by atoms with Crippen LogP contribution in [0.3, 0.4) is 0 Å². The van der Waals surface area contributed by atoms with E-state index >= 15 is 0 Å². The highest BCUT2D eigenvalue weighted by molar-refractivity contribution is 7.89. The molecule has 0 aromatic carbocycles. The molecule has 9 heteroatoms. The monoisotopic (exact) mass is 325 g/mol. The van der Waals surface area contributed by atoms with Gasteiger partial charge in [0.15, 0.2) is 0 Å². The Labute approximate surface area is 121 Å². The van der Waals surface area contributed by atoms with Gasteiger partial charge in [-0.25, -0.2) is 12.7 Å². The summed E-state index contributed by atoms with van der Waals surface area (Å²) in [5.74, 6) is 0. The van der Waals surface area contributed by atoms with Crippen molar-refractivity contribution in [3.63, 3.8) is 0 Å². The van der Waals surface area contributed by atoms with Crippen LogP contribution in [0.15, 0.2) is 17.2 Å². The quantitative estimate of drug-likeness (QED) is 0.804. The van der Waals surface area contributed by atoms with Gasteiger partial charge in [0.1, 0.15) is 0 Å². The van der Waals surface area contributed by atoms with E-state index in [0.29, 0.717) is 18.3 Å². The van der Waals surface area contributed by atoms with Crippen LogP contribution in [0.2, 0.25) is 0 Å². The number of nitrogens with one attached hydrogen (secondary N) is 2. The zero-order valence-electron chi connectivity index (χ0n) is 11.6. The molecule has 1 aromatic rings. The minimum atomic E-state index is -4.37. The van der Waals surface area contributed by atoms with Gasteiger partial charge >= 0.3 is 6.18 Å². The number of H-pyrrole nitrogens is 1. The third-order valence-electron chi connectivity index (χ3n) is 3.29. The molecule has 2 N–H and O–H groups in total. The van der Waals surface area contributed by atoms with Crippen molar-refractivity contribution in [1.82, 2.24) is 14.6 Å². The smallest absolute Gasteiger partial charge is 0.363 e. The molecule has 0 aliphatic heterocycles. The van der Waals surface area contributed by atoms with E-state index in [1.54, 1.807) is 0 Å². The molecular formula is C12H18F3N3O2S. The molecule has 0 atom stereocenters. The maximum Gasteiger partial charge on any atom is 0.390 e. The molecular weight excluding hydrogens is 307 g/mol. The summed E-state index contributed by atoms with van der Waals surface area (Å²) in [7, 11) is -2.74. The first-order valence-electron chi connectivity index (χ1n) is 6.62. The maximum atomic E-state index is 12.2. The average molecular weight is 325 g/mol. The highest BCUT2D eigenvalue weighted by Crippen LogP contribution is 2.23. The Morgan fingerprint density at radius 3 is 2.67 bits per heavy atom. The van der Waals surface area contributed by atoms with Crippen molar-refractivity contribution >= 4 is 10.0 Å². The largest absolute Gasteiger partial charge is 0.390 e. The van der Waals surface area contributed by atoms with Crippen LogP contribution >= 0.6 is 0 Å². The van der Waals surface area contributed by atoms with E-state index in [2.05, 4.69) is 10.3 Å². The van der Waals surface area contributed by atoms with Crippen LogP contribution in [-0.2, 0) is 16.6 Å². The number of halogens is 3. The molecule has 1 aromatic heterocycles. The highest BCUT2D eigenvalue weighted by Gasteiger charge is 2.30. The molecule has 1 fully saturated rings. The van der Waals surface area contributed by atoms with Gasteiger partial charge in [-0.2, -0.15) is 13.2 Å². The van der Waals surface area contributed by atoms with E-state index in [-0.39, 0.29) is 4.90 Å². The molecule has 0 spiro atoms. The van der Waals surface area contributed by atoms with Gasteiger partial charge in [-0.05, 0) is 18.9 Å². The molecule has 0 radical (unpaired) electrons. The molecule has 0 saturated heterocycles. The van der Waals surface area contributed by atoms with E-state index < -0.39 is 29.2 Å². The van der Waals surface area contributed by atoms with Crippen molar-refractivity contribution in [3.8, 4) is 0 Å². The summed E-state index contributed by atoms with van der Waals surface area (Å²) in [5.41, 5.74) is 0.699. The second kappa shape index (κ2) is 5.98. The molecule has 1 aliphatic carbocycles. The topological polar surface area (TPSA) is 65.2 Å². The fourth-order valence-corrected chi connectivity index (χ4v) is 2.99. The predicted octanol–water partition coefficient (Wildman–Crippen LogP) is 1.84. The average Bonchev–Trinajstić information content (AvgIpc) is 3.08. The van der Waals surface area contributed by atoms with E-state index in [1.165, 1.54) is 12.3 Å². The van der Waals surface area contributed by atoms with Crippen molar-refractivity contribution in [2.45, 2.75) is 42.9 Å². The molecule has 1 aliphatic rings. The van der Waals surface area contributed by atoms with Crippen LogP contribution in [0.5, 0.6) is 0 Å². The Hall–Kier alpha value is -1.06. The summed E-state index contributed by atoms with van der Waals surface area (Å²) >= 11 is 0. The Bertz CT molecular complexity index is 579.